The molecule has 5 nitrogen and oxygen atoms in total. The standard InChI is InChI=1S/C16H13F3N4O/c17-16(18,19)11-5-6-14(21-9-11)24-8-7-20-15-12-3-1-2-4-13(12)22-10-23-15/h1-6,9-10H,7-8H2,(H,20,22,23). The number of hydrogen-bond acceptors (Lipinski definition) is 5. The molecule has 0 aliphatic heterocycles. The minimum Gasteiger partial charge on any atom is -0.476 e. The van der Waals surface area contributed by atoms with E-state index in [1.54, 1.807) is 0 Å². The van der Waals surface area contributed by atoms with Crippen molar-refractivity contribution in [3.05, 3.63) is 54.5 Å². The SMILES string of the molecule is FC(F)(F)c1ccc(OCCNc2ncnc3ccccc23)nc1. The van der Waals surface area contributed by atoms with Crippen molar-refractivity contribution >= 4 is 16.7 Å². The van der Waals surface area contributed by atoms with Gasteiger partial charge in [0.15, 0.2) is 0 Å². The fourth-order valence-electron chi connectivity index (χ4n) is 2.10. The minimum absolute atomic E-state index is 0.136. The molecule has 3 rings (SSSR count). The van der Waals surface area contributed by atoms with E-state index in [1.165, 1.54) is 12.4 Å². The van der Waals surface area contributed by atoms with Crippen LogP contribution in [0.1, 0.15) is 5.56 Å². The largest absolute Gasteiger partial charge is 0.476 e. The van der Waals surface area contributed by atoms with E-state index in [4.69, 9.17) is 4.74 Å². The van der Waals surface area contributed by atoms with Crippen molar-refractivity contribution in [2.75, 3.05) is 18.5 Å². The summed E-state index contributed by atoms with van der Waals surface area (Å²) in [7, 11) is 0. The lowest BCUT2D eigenvalue weighted by molar-refractivity contribution is -0.137. The van der Waals surface area contributed by atoms with E-state index >= 15 is 0 Å². The number of para-hydroxylation sites is 1. The fraction of sp³-hybridized carbons (Fsp3) is 0.188. The molecule has 0 aliphatic carbocycles. The Bertz CT molecular complexity index is 816. The number of halogens is 3. The molecule has 0 amide bonds. The summed E-state index contributed by atoms with van der Waals surface area (Å²) < 4.78 is 42.6. The van der Waals surface area contributed by atoms with Gasteiger partial charge in [-0.3, -0.25) is 0 Å². The lowest BCUT2D eigenvalue weighted by atomic mass is 10.2. The summed E-state index contributed by atoms with van der Waals surface area (Å²) in [5.74, 6) is 0.807. The molecule has 2 aromatic heterocycles. The molecule has 0 saturated heterocycles. The average molecular weight is 334 g/mol. The molecule has 0 fully saturated rings. The highest BCUT2D eigenvalue weighted by Gasteiger charge is 2.30. The zero-order valence-electron chi connectivity index (χ0n) is 12.4. The highest BCUT2D eigenvalue weighted by molar-refractivity contribution is 5.88. The summed E-state index contributed by atoms with van der Waals surface area (Å²) in [6, 6.07) is 9.69. The summed E-state index contributed by atoms with van der Waals surface area (Å²) in [4.78, 5) is 12.0. The number of aromatic nitrogens is 3. The van der Waals surface area contributed by atoms with Crippen LogP contribution in [0.5, 0.6) is 5.88 Å². The molecular weight excluding hydrogens is 321 g/mol. The Hall–Kier alpha value is -2.90. The van der Waals surface area contributed by atoms with Gasteiger partial charge in [-0.2, -0.15) is 13.2 Å². The van der Waals surface area contributed by atoms with Gasteiger partial charge in [-0.15, -0.1) is 0 Å². The zero-order chi connectivity index (χ0) is 17.0. The summed E-state index contributed by atoms with van der Waals surface area (Å²) in [5, 5.41) is 3.99. The second-order valence-corrected chi connectivity index (χ2v) is 4.90. The maximum Gasteiger partial charge on any atom is 0.417 e. The monoisotopic (exact) mass is 334 g/mol. The second kappa shape index (κ2) is 6.69. The number of rotatable bonds is 5. The number of nitrogens with one attached hydrogen (secondary N) is 1. The molecule has 2 heterocycles. The Morgan fingerprint density at radius 2 is 1.83 bits per heavy atom. The molecule has 8 heteroatoms. The molecule has 1 N–H and O–H groups in total. The summed E-state index contributed by atoms with van der Waals surface area (Å²) in [6.07, 6.45) is -2.19. The molecular formula is C16H13F3N4O. The van der Waals surface area contributed by atoms with E-state index in [1.807, 2.05) is 24.3 Å². The first-order chi connectivity index (χ1) is 11.5. The topological polar surface area (TPSA) is 59.9 Å². The Balaban J connectivity index is 1.55. The van der Waals surface area contributed by atoms with Gasteiger partial charge in [-0.25, -0.2) is 15.0 Å². The van der Waals surface area contributed by atoms with Crippen LogP contribution in [0.4, 0.5) is 19.0 Å². The number of fused-ring (bicyclic) bond motifs is 1. The Labute approximate surface area is 135 Å². The van der Waals surface area contributed by atoms with Crippen molar-refractivity contribution in [1.82, 2.24) is 15.0 Å². The Morgan fingerprint density at radius 3 is 2.58 bits per heavy atom. The maximum atomic E-state index is 12.4. The predicted octanol–water partition coefficient (Wildman–Crippen LogP) is 3.53. The molecule has 0 atom stereocenters. The molecule has 0 spiro atoms. The van der Waals surface area contributed by atoms with E-state index in [-0.39, 0.29) is 12.5 Å². The third-order valence-corrected chi connectivity index (χ3v) is 3.25. The van der Waals surface area contributed by atoms with Crippen LogP contribution in [-0.2, 0) is 6.18 Å². The van der Waals surface area contributed by atoms with Crippen molar-refractivity contribution in [1.29, 1.82) is 0 Å². The molecule has 0 aliphatic rings. The van der Waals surface area contributed by atoms with Gasteiger partial charge in [0, 0.05) is 17.6 Å². The number of hydrogen-bond donors (Lipinski definition) is 1. The fourth-order valence-corrected chi connectivity index (χ4v) is 2.10. The molecule has 3 aromatic rings. The molecule has 0 saturated carbocycles. The number of alkyl halides is 3. The van der Waals surface area contributed by atoms with Crippen LogP contribution in [0, 0.1) is 0 Å². The van der Waals surface area contributed by atoms with Crippen LogP contribution in [-0.4, -0.2) is 28.1 Å². The lowest BCUT2D eigenvalue weighted by Gasteiger charge is -2.10. The van der Waals surface area contributed by atoms with Crippen molar-refractivity contribution in [2.24, 2.45) is 0 Å². The first-order valence-electron chi connectivity index (χ1n) is 7.14. The number of ether oxygens (including phenoxy) is 1. The van der Waals surface area contributed by atoms with Crippen LogP contribution in [0.15, 0.2) is 48.9 Å². The van der Waals surface area contributed by atoms with Gasteiger partial charge in [0.1, 0.15) is 18.8 Å². The predicted molar refractivity (Wildman–Crippen MR) is 82.8 cm³/mol. The summed E-state index contributed by atoms with van der Waals surface area (Å²) in [5.41, 5.74) is 0.0146. The van der Waals surface area contributed by atoms with E-state index in [9.17, 15) is 13.2 Å². The van der Waals surface area contributed by atoms with Crippen molar-refractivity contribution in [2.45, 2.75) is 6.18 Å². The Morgan fingerprint density at radius 1 is 1.00 bits per heavy atom. The number of anilines is 1. The first-order valence-corrected chi connectivity index (χ1v) is 7.14. The quantitative estimate of drug-likeness (QED) is 0.723. The van der Waals surface area contributed by atoms with Crippen LogP contribution in [0.3, 0.4) is 0 Å². The van der Waals surface area contributed by atoms with Gasteiger partial charge in [0.2, 0.25) is 5.88 Å². The molecule has 124 valence electrons. The van der Waals surface area contributed by atoms with Gasteiger partial charge < -0.3 is 10.1 Å². The third kappa shape index (κ3) is 3.70. The van der Waals surface area contributed by atoms with Gasteiger partial charge in [0.25, 0.3) is 0 Å². The molecule has 0 bridgehead atoms. The van der Waals surface area contributed by atoms with Gasteiger partial charge in [-0.05, 0) is 18.2 Å². The second-order valence-electron chi connectivity index (χ2n) is 4.90. The van der Waals surface area contributed by atoms with E-state index in [2.05, 4.69) is 20.3 Å². The van der Waals surface area contributed by atoms with E-state index in [0.717, 1.165) is 23.2 Å². The highest BCUT2D eigenvalue weighted by atomic mass is 19.4. The Kier molecular flexibility index (Phi) is 4.45. The van der Waals surface area contributed by atoms with Gasteiger partial charge in [0.05, 0.1) is 17.6 Å². The summed E-state index contributed by atoms with van der Waals surface area (Å²) in [6.45, 7) is 0.653. The first kappa shape index (κ1) is 16.0. The average Bonchev–Trinajstić information content (AvgIpc) is 2.58. The van der Waals surface area contributed by atoms with Crippen molar-refractivity contribution < 1.29 is 17.9 Å². The normalized spacial score (nSPS) is 11.5. The number of nitrogens with zero attached hydrogens (tertiary/aromatic N) is 3. The number of pyridine rings is 1. The smallest absolute Gasteiger partial charge is 0.417 e. The minimum atomic E-state index is -4.40. The molecule has 0 unspecified atom stereocenters. The zero-order valence-corrected chi connectivity index (χ0v) is 12.4. The summed E-state index contributed by atoms with van der Waals surface area (Å²) >= 11 is 0. The molecule has 24 heavy (non-hydrogen) atoms. The number of benzene rings is 1. The van der Waals surface area contributed by atoms with Gasteiger partial charge in [-0.1, -0.05) is 12.1 Å². The highest BCUT2D eigenvalue weighted by Crippen LogP contribution is 2.29. The van der Waals surface area contributed by atoms with Crippen molar-refractivity contribution in [3.63, 3.8) is 0 Å². The molecule has 1 aromatic carbocycles. The van der Waals surface area contributed by atoms with Crippen LogP contribution >= 0.6 is 0 Å². The van der Waals surface area contributed by atoms with Crippen molar-refractivity contribution in [3.8, 4) is 5.88 Å². The third-order valence-electron chi connectivity index (χ3n) is 3.25. The van der Waals surface area contributed by atoms with E-state index in [0.29, 0.717) is 12.4 Å². The van der Waals surface area contributed by atoms with Crippen LogP contribution in [0.2, 0.25) is 0 Å². The maximum absolute atomic E-state index is 12.4. The van der Waals surface area contributed by atoms with E-state index < -0.39 is 11.7 Å². The van der Waals surface area contributed by atoms with Crippen LogP contribution in [0.25, 0.3) is 10.9 Å². The van der Waals surface area contributed by atoms with Gasteiger partial charge >= 0.3 is 6.18 Å². The molecule has 0 radical (unpaired) electrons. The lowest BCUT2D eigenvalue weighted by Crippen LogP contribution is -2.13. The van der Waals surface area contributed by atoms with Crippen LogP contribution < -0.4 is 10.1 Å².